The normalized spacial score (nSPS) is 24.9. The molecule has 3 unspecified atom stereocenters. The Morgan fingerprint density at radius 1 is 1.30 bits per heavy atom. The fourth-order valence-electron chi connectivity index (χ4n) is 2.80. The molecule has 12 heteroatoms. The van der Waals surface area contributed by atoms with Crippen molar-refractivity contribution in [1.29, 1.82) is 0 Å². The van der Waals surface area contributed by atoms with E-state index in [4.69, 9.17) is 0 Å². The van der Waals surface area contributed by atoms with Gasteiger partial charge in [-0.25, -0.2) is 13.1 Å². The average molecular weight is 431 g/mol. The Balaban J connectivity index is 2.13. The highest BCUT2D eigenvalue weighted by molar-refractivity contribution is 7.90. The van der Waals surface area contributed by atoms with Crippen molar-refractivity contribution < 1.29 is 39.3 Å². The molecule has 2 rings (SSSR count). The Morgan fingerprint density at radius 3 is 2.41 bits per heavy atom. The van der Waals surface area contributed by atoms with Crippen molar-refractivity contribution in [2.24, 2.45) is 0 Å². The minimum absolute atomic E-state index is 0.165. The highest BCUT2D eigenvalue weighted by atomic mass is 32.2. The van der Waals surface area contributed by atoms with Gasteiger partial charge in [-0.3, -0.25) is 0 Å². The fourth-order valence-corrected chi connectivity index (χ4v) is 4.23. The summed E-state index contributed by atoms with van der Waals surface area (Å²) in [6.45, 7) is 3.04. The zero-order chi connectivity index (χ0) is 20.5. The topological polar surface area (TPSA) is 102 Å². The van der Waals surface area contributed by atoms with Crippen molar-refractivity contribution in [2.75, 3.05) is 0 Å². The van der Waals surface area contributed by atoms with Crippen LogP contribution in [0.4, 0.5) is 13.2 Å². The summed E-state index contributed by atoms with van der Waals surface area (Å²) in [4.78, 5) is 0. The lowest BCUT2D eigenvalue weighted by Crippen LogP contribution is -2.48. The zero-order valence-corrected chi connectivity index (χ0v) is 16.2. The van der Waals surface area contributed by atoms with Gasteiger partial charge in [-0.1, -0.05) is 12.1 Å². The molecule has 0 aliphatic heterocycles. The van der Waals surface area contributed by atoms with Crippen molar-refractivity contribution in [2.45, 2.75) is 56.4 Å². The molecule has 1 fully saturated rings. The molecule has 0 aromatic heterocycles. The summed E-state index contributed by atoms with van der Waals surface area (Å²) in [6, 6.07) is 4.46. The molecule has 2 N–H and O–H groups in total. The summed E-state index contributed by atoms with van der Waals surface area (Å²) >= 11 is -3.06. The van der Waals surface area contributed by atoms with Gasteiger partial charge in [0.2, 0.25) is 10.0 Å². The lowest BCUT2D eigenvalue weighted by atomic mass is 9.89. The predicted molar refractivity (Wildman–Crippen MR) is 91.1 cm³/mol. The van der Waals surface area contributed by atoms with Gasteiger partial charge in [0.25, 0.3) is 0 Å². The van der Waals surface area contributed by atoms with Crippen molar-refractivity contribution in [3.8, 4) is 5.75 Å². The maximum absolute atomic E-state index is 12.1. The van der Waals surface area contributed by atoms with E-state index < -0.39 is 44.6 Å². The molecule has 1 aliphatic carbocycles. The van der Waals surface area contributed by atoms with Crippen LogP contribution in [0.3, 0.4) is 0 Å². The fraction of sp³-hybridized carbons (Fsp3) is 0.600. The van der Waals surface area contributed by atoms with Crippen molar-refractivity contribution in [3.05, 3.63) is 29.8 Å². The minimum Gasteiger partial charge on any atom is -0.383 e. The van der Waals surface area contributed by atoms with Crippen LogP contribution >= 0.6 is 0 Å². The Labute approximate surface area is 157 Å². The number of nitrogens with one attached hydrogen (secondary N) is 1. The first-order valence-electron chi connectivity index (χ1n) is 8.04. The molecule has 0 heterocycles. The van der Waals surface area contributed by atoms with Crippen molar-refractivity contribution >= 4 is 21.4 Å². The van der Waals surface area contributed by atoms with Gasteiger partial charge in [-0.2, -0.15) is 8.39 Å². The van der Waals surface area contributed by atoms with Gasteiger partial charge in [-0.05, 0) is 50.8 Å². The Morgan fingerprint density at radius 2 is 1.89 bits per heavy atom. The summed E-state index contributed by atoms with van der Waals surface area (Å²) in [7, 11) is -3.60. The number of alkyl halides is 3. The molecule has 154 valence electrons. The summed E-state index contributed by atoms with van der Waals surface area (Å²) in [5.41, 5.74) is -1.10. The predicted octanol–water partition coefficient (Wildman–Crippen LogP) is 2.25. The van der Waals surface area contributed by atoms with Gasteiger partial charge in [0.05, 0.1) is 11.3 Å². The number of halogens is 3. The highest BCUT2D eigenvalue weighted by Gasteiger charge is 2.44. The summed E-state index contributed by atoms with van der Waals surface area (Å²) in [6.07, 6.45) is -3.78. The highest BCUT2D eigenvalue weighted by Crippen LogP contribution is 2.40. The number of benzene rings is 1. The van der Waals surface area contributed by atoms with E-state index in [1.807, 2.05) is 0 Å². The Bertz CT molecular complexity index is 782. The molecule has 1 aromatic carbocycles. The lowest BCUT2D eigenvalue weighted by Gasteiger charge is -2.31. The number of rotatable bonds is 7. The largest absolute Gasteiger partial charge is 0.537 e. The molecular weight excluding hydrogens is 411 g/mol. The maximum Gasteiger partial charge on any atom is 0.537 e. The van der Waals surface area contributed by atoms with Crippen molar-refractivity contribution in [3.63, 3.8) is 0 Å². The molecule has 7 nitrogen and oxygen atoms in total. The van der Waals surface area contributed by atoms with Gasteiger partial charge >= 0.3 is 17.7 Å². The van der Waals surface area contributed by atoms with E-state index in [0.717, 1.165) is 0 Å². The van der Waals surface area contributed by atoms with Gasteiger partial charge in [-0.15, -0.1) is 13.2 Å². The molecular formula is C15H20F3NO6S2. The van der Waals surface area contributed by atoms with Gasteiger partial charge in [0, 0.05) is 0 Å². The van der Waals surface area contributed by atoms with Crippen LogP contribution in [0, 0.1) is 0 Å². The van der Waals surface area contributed by atoms with E-state index in [0.29, 0.717) is 24.8 Å². The minimum atomic E-state index is -5.11. The van der Waals surface area contributed by atoms with E-state index in [2.05, 4.69) is 13.1 Å². The monoisotopic (exact) mass is 431 g/mol. The zero-order valence-electron chi connectivity index (χ0n) is 14.5. The van der Waals surface area contributed by atoms with Crippen molar-refractivity contribution in [1.82, 2.24) is 4.72 Å². The molecule has 0 radical (unpaired) electrons. The van der Waals surface area contributed by atoms with Gasteiger partial charge < -0.3 is 9.29 Å². The second-order valence-corrected chi connectivity index (χ2v) is 9.43. The molecule has 3 atom stereocenters. The van der Waals surface area contributed by atoms with E-state index in [-0.39, 0.29) is 5.75 Å². The SMILES string of the molecule is CC(C)S(=O)(=O)NC1CCCC1(O)c1ccc(OS(=O)OC(F)(F)F)cc1. The smallest absolute Gasteiger partial charge is 0.383 e. The molecule has 0 amide bonds. The van der Waals surface area contributed by atoms with Crippen LogP contribution < -0.4 is 8.91 Å². The van der Waals surface area contributed by atoms with Crippen LogP contribution in [0.25, 0.3) is 0 Å². The lowest BCUT2D eigenvalue weighted by molar-refractivity contribution is -0.271. The number of hydrogen-bond acceptors (Lipinski definition) is 6. The number of aliphatic hydroxyl groups is 1. The van der Waals surface area contributed by atoms with Crippen LogP contribution in [0.2, 0.25) is 0 Å². The van der Waals surface area contributed by atoms with Crippen LogP contribution in [-0.2, 0) is 31.2 Å². The van der Waals surface area contributed by atoms with Gasteiger partial charge in [0.15, 0.2) is 0 Å². The van der Waals surface area contributed by atoms with Crippen LogP contribution in [0.15, 0.2) is 24.3 Å². The first-order valence-corrected chi connectivity index (χ1v) is 10.6. The second kappa shape index (κ2) is 8.03. The molecule has 1 saturated carbocycles. The van der Waals surface area contributed by atoms with Crippen LogP contribution in [0.5, 0.6) is 5.75 Å². The molecule has 0 spiro atoms. The number of hydrogen-bond donors (Lipinski definition) is 2. The third-order valence-electron chi connectivity index (χ3n) is 4.24. The van der Waals surface area contributed by atoms with E-state index in [9.17, 15) is 30.9 Å². The molecule has 27 heavy (non-hydrogen) atoms. The van der Waals surface area contributed by atoms with E-state index in [1.165, 1.54) is 38.1 Å². The van der Waals surface area contributed by atoms with Crippen LogP contribution in [0.1, 0.15) is 38.7 Å². The Hall–Kier alpha value is -1.21. The molecule has 1 aliphatic rings. The van der Waals surface area contributed by atoms with Gasteiger partial charge in [0.1, 0.15) is 11.4 Å². The average Bonchev–Trinajstić information content (AvgIpc) is 2.87. The number of sulfonamides is 1. The molecule has 0 bridgehead atoms. The van der Waals surface area contributed by atoms with E-state index in [1.54, 1.807) is 0 Å². The third-order valence-corrected chi connectivity index (χ3v) is 6.74. The maximum atomic E-state index is 12.1. The van der Waals surface area contributed by atoms with Crippen LogP contribution in [-0.4, -0.2) is 35.4 Å². The third kappa shape index (κ3) is 5.64. The Kier molecular flexibility index (Phi) is 6.57. The first kappa shape index (κ1) is 22.1. The second-order valence-electron chi connectivity index (χ2n) is 6.42. The first-order chi connectivity index (χ1) is 12.3. The summed E-state index contributed by atoms with van der Waals surface area (Å²) in [5.74, 6) is -0.165. The summed E-state index contributed by atoms with van der Waals surface area (Å²) < 4.78 is 81.5. The standard InChI is InChI=1S/C15H20F3NO6S2/c1-10(2)27(22,23)19-13-4-3-9-14(13,20)11-5-7-12(8-6-11)24-26(21)25-15(16,17)18/h5-8,10,13,19-20H,3-4,9H2,1-2H3. The molecule has 1 aromatic rings. The quantitative estimate of drug-likeness (QED) is 0.687. The molecule has 0 saturated heterocycles. The van der Waals surface area contributed by atoms with E-state index >= 15 is 0 Å². The summed E-state index contributed by atoms with van der Waals surface area (Å²) in [5, 5.41) is 10.3.